The Hall–Kier alpha value is -2.82. The van der Waals surface area contributed by atoms with E-state index in [1.807, 2.05) is 0 Å². The highest BCUT2D eigenvalue weighted by Crippen LogP contribution is 2.24. The molecule has 2 aromatic rings. The summed E-state index contributed by atoms with van der Waals surface area (Å²) >= 11 is 0. The Kier molecular flexibility index (Phi) is 2.45. The molecule has 2 N–H and O–H groups in total. The maximum atomic E-state index is 12.0. The van der Waals surface area contributed by atoms with Gasteiger partial charge in [0, 0.05) is 5.69 Å². The minimum atomic E-state index is -0.461. The zero-order valence-electron chi connectivity index (χ0n) is 9.87. The van der Waals surface area contributed by atoms with Crippen molar-refractivity contribution in [3.63, 3.8) is 0 Å². The highest BCUT2D eigenvalue weighted by atomic mass is 16.7. The fraction of sp³-hybridized carbons (Fsp3) is 0. The van der Waals surface area contributed by atoms with Crippen LogP contribution in [-0.2, 0) is 0 Å². The van der Waals surface area contributed by atoms with Gasteiger partial charge in [-0.3, -0.25) is 9.59 Å². The predicted molar refractivity (Wildman–Crippen MR) is 68.4 cm³/mol. The molecule has 0 unspecified atom stereocenters. The van der Waals surface area contributed by atoms with Crippen LogP contribution in [0.4, 0.5) is 5.69 Å². The van der Waals surface area contributed by atoms with Crippen molar-refractivity contribution in [1.82, 2.24) is 5.06 Å². The quantitative estimate of drug-likeness (QED) is 0.655. The molecule has 2 aromatic carbocycles. The Morgan fingerprint density at radius 1 is 0.842 bits per heavy atom. The molecule has 1 heterocycles. The summed E-state index contributed by atoms with van der Waals surface area (Å²) in [6, 6.07) is 13.1. The zero-order valence-corrected chi connectivity index (χ0v) is 9.87. The summed E-state index contributed by atoms with van der Waals surface area (Å²) in [5.41, 5.74) is 6.83. The third kappa shape index (κ3) is 1.81. The molecule has 2 amide bonds. The van der Waals surface area contributed by atoms with Gasteiger partial charge in [-0.2, -0.15) is 0 Å². The van der Waals surface area contributed by atoms with Crippen molar-refractivity contribution in [3.8, 4) is 5.75 Å². The number of carbonyl (C=O) groups is 2. The maximum Gasteiger partial charge on any atom is 0.295 e. The van der Waals surface area contributed by atoms with Crippen LogP contribution in [0.5, 0.6) is 5.75 Å². The molecule has 0 bridgehead atoms. The number of hydrogen-bond donors (Lipinski definition) is 1. The van der Waals surface area contributed by atoms with Crippen molar-refractivity contribution in [3.05, 3.63) is 59.7 Å². The van der Waals surface area contributed by atoms with Crippen molar-refractivity contribution in [1.29, 1.82) is 0 Å². The number of hydroxylamine groups is 2. The topological polar surface area (TPSA) is 72.6 Å². The summed E-state index contributed by atoms with van der Waals surface area (Å²) < 4.78 is 0. The molecular weight excluding hydrogens is 244 g/mol. The molecule has 0 atom stereocenters. The van der Waals surface area contributed by atoms with E-state index in [4.69, 9.17) is 10.6 Å². The van der Waals surface area contributed by atoms with E-state index in [-0.39, 0.29) is 0 Å². The largest absolute Gasteiger partial charge is 0.399 e. The van der Waals surface area contributed by atoms with E-state index in [0.29, 0.717) is 22.6 Å². The molecule has 0 saturated carbocycles. The highest BCUT2D eigenvalue weighted by Gasteiger charge is 2.37. The number of nitrogen functional groups attached to an aromatic ring is 1. The van der Waals surface area contributed by atoms with E-state index < -0.39 is 11.8 Å². The first-order valence-corrected chi connectivity index (χ1v) is 5.68. The number of amides is 2. The lowest BCUT2D eigenvalue weighted by Crippen LogP contribution is -2.33. The van der Waals surface area contributed by atoms with Gasteiger partial charge in [0.2, 0.25) is 0 Å². The van der Waals surface area contributed by atoms with Gasteiger partial charge in [0.25, 0.3) is 11.8 Å². The van der Waals surface area contributed by atoms with E-state index >= 15 is 0 Å². The number of imide groups is 1. The normalized spacial score (nSPS) is 13.6. The molecule has 5 heteroatoms. The zero-order chi connectivity index (χ0) is 13.4. The number of fused-ring (bicyclic) bond motifs is 1. The van der Waals surface area contributed by atoms with Gasteiger partial charge in [-0.1, -0.05) is 17.2 Å². The molecule has 0 fully saturated rings. The first-order valence-electron chi connectivity index (χ1n) is 5.68. The average molecular weight is 254 g/mol. The van der Waals surface area contributed by atoms with Gasteiger partial charge in [0.15, 0.2) is 5.75 Å². The van der Waals surface area contributed by atoms with E-state index in [1.165, 1.54) is 0 Å². The summed E-state index contributed by atoms with van der Waals surface area (Å²) in [6.45, 7) is 0. The average Bonchev–Trinajstić information content (AvgIpc) is 2.67. The smallest absolute Gasteiger partial charge is 0.295 e. The summed E-state index contributed by atoms with van der Waals surface area (Å²) in [5.74, 6) is -0.543. The Bertz CT molecular complexity index is 630. The fourth-order valence-corrected chi connectivity index (χ4v) is 1.88. The number of hydrogen-bond acceptors (Lipinski definition) is 4. The summed E-state index contributed by atoms with van der Waals surface area (Å²) in [4.78, 5) is 29.4. The third-order valence-electron chi connectivity index (χ3n) is 2.83. The minimum Gasteiger partial charge on any atom is -0.399 e. The molecule has 0 radical (unpaired) electrons. The fourth-order valence-electron chi connectivity index (χ4n) is 1.88. The van der Waals surface area contributed by atoms with Crippen LogP contribution in [0, 0.1) is 0 Å². The molecule has 0 aliphatic carbocycles. The number of benzene rings is 2. The van der Waals surface area contributed by atoms with Crippen LogP contribution >= 0.6 is 0 Å². The van der Waals surface area contributed by atoms with Crippen molar-refractivity contribution in [2.75, 3.05) is 5.73 Å². The number of rotatable bonds is 2. The van der Waals surface area contributed by atoms with E-state index in [0.717, 1.165) is 5.06 Å². The van der Waals surface area contributed by atoms with Crippen LogP contribution < -0.4 is 10.6 Å². The van der Waals surface area contributed by atoms with Crippen LogP contribution in [0.15, 0.2) is 48.5 Å². The molecule has 0 saturated heterocycles. The van der Waals surface area contributed by atoms with Gasteiger partial charge >= 0.3 is 0 Å². The molecule has 1 aliphatic rings. The van der Waals surface area contributed by atoms with Gasteiger partial charge in [0.05, 0.1) is 11.1 Å². The Labute approximate surface area is 109 Å². The van der Waals surface area contributed by atoms with Crippen molar-refractivity contribution in [2.24, 2.45) is 0 Å². The molecule has 94 valence electrons. The molecule has 3 rings (SSSR count). The number of nitrogens with zero attached hydrogens (tertiary/aromatic N) is 1. The SMILES string of the molecule is Nc1ccc(ON2C(=O)c3ccccc3C2=O)cc1. The van der Waals surface area contributed by atoms with Gasteiger partial charge in [-0.25, -0.2) is 0 Å². The molecule has 1 aliphatic heterocycles. The van der Waals surface area contributed by atoms with Gasteiger partial charge in [0.1, 0.15) is 0 Å². The maximum absolute atomic E-state index is 12.0. The predicted octanol–water partition coefficient (Wildman–Crippen LogP) is 1.86. The Morgan fingerprint density at radius 2 is 1.37 bits per heavy atom. The Morgan fingerprint density at radius 3 is 1.89 bits per heavy atom. The number of anilines is 1. The van der Waals surface area contributed by atoms with Crippen LogP contribution in [0.25, 0.3) is 0 Å². The standard InChI is InChI=1S/C14H10N2O3/c15-9-5-7-10(8-6-9)19-16-13(17)11-3-1-2-4-12(11)14(16)18/h1-8H,15H2. The van der Waals surface area contributed by atoms with Crippen molar-refractivity contribution in [2.45, 2.75) is 0 Å². The Balaban J connectivity index is 1.90. The van der Waals surface area contributed by atoms with Gasteiger partial charge in [-0.15, -0.1) is 0 Å². The van der Waals surface area contributed by atoms with E-state index in [2.05, 4.69) is 0 Å². The number of nitrogens with two attached hydrogens (primary N) is 1. The summed E-state index contributed by atoms with van der Waals surface area (Å²) in [5, 5.41) is 0.760. The first-order chi connectivity index (χ1) is 9.16. The second-order valence-corrected chi connectivity index (χ2v) is 4.11. The molecule has 19 heavy (non-hydrogen) atoms. The van der Waals surface area contributed by atoms with Gasteiger partial charge in [-0.05, 0) is 36.4 Å². The number of carbonyl (C=O) groups excluding carboxylic acids is 2. The van der Waals surface area contributed by atoms with Crippen LogP contribution in [0.2, 0.25) is 0 Å². The minimum absolute atomic E-state index is 0.350. The second-order valence-electron chi connectivity index (χ2n) is 4.11. The summed E-state index contributed by atoms with van der Waals surface area (Å²) in [7, 11) is 0. The molecule has 0 spiro atoms. The monoisotopic (exact) mass is 254 g/mol. The lowest BCUT2D eigenvalue weighted by molar-refractivity contribution is -0.0140. The van der Waals surface area contributed by atoms with Crippen molar-refractivity contribution >= 4 is 17.5 Å². The third-order valence-corrected chi connectivity index (χ3v) is 2.83. The molecule has 0 aromatic heterocycles. The highest BCUT2D eigenvalue weighted by molar-refractivity contribution is 6.20. The van der Waals surface area contributed by atoms with Crippen LogP contribution in [0.1, 0.15) is 20.7 Å². The lowest BCUT2D eigenvalue weighted by atomic mass is 10.1. The van der Waals surface area contributed by atoms with Gasteiger partial charge < -0.3 is 10.6 Å². The molecular formula is C14H10N2O3. The first kappa shape index (κ1) is 11.3. The van der Waals surface area contributed by atoms with E-state index in [9.17, 15) is 9.59 Å². The molecule has 5 nitrogen and oxygen atoms in total. The second kappa shape index (κ2) is 4.13. The summed E-state index contributed by atoms with van der Waals surface area (Å²) in [6.07, 6.45) is 0. The van der Waals surface area contributed by atoms with Crippen LogP contribution in [0.3, 0.4) is 0 Å². The van der Waals surface area contributed by atoms with E-state index in [1.54, 1.807) is 48.5 Å². The lowest BCUT2D eigenvalue weighted by Gasteiger charge is -2.14. The van der Waals surface area contributed by atoms with Crippen molar-refractivity contribution < 1.29 is 14.4 Å². The van der Waals surface area contributed by atoms with Crippen LogP contribution in [-0.4, -0.2) is 16.9 Å².